The molecule has 2 atom stereocenters. The van der Waals surface area contributed by atoms with E-state index in [1.807, 2.05) is 0 Å². The van der Waals surface area contributed by atoms with Crippen molar-refractivity contribution in [3.63, 3.8) is 0 Å². The smallest absolute Gasteiger partial charge is 0.308 e. The molecule has 0 aliphatic heterocycles. The molecule has 0 saturated heterocycles. The van der Waals surface area contributed by atoms with Crippen molar-refractivity contribution in [1.29, 1.82) is 0 Å². The van der Waals surface area contributed by atoms with Gasteiger partial charge in [-0.25, -0.2) is 4.39 Å². The number of aryl methyl sites for hydroxylation is 1. The third-order valence-electron chi connectivity index (χ3n) is 3.95. The first-order valence-corrected chi connectivity index (χ1v) is 8.71. The fourth-order valence-electron chi connectivity index (χ4n) is 2.19. The summed E-state index contributed by atoms with van der Waals surface area (Å²) >= 11 is 1.07. The molecule has 0 aliphatic rings. The topological polar surface area (TPSA) is 95.5 Å². The number of rotatable bonds is 6. The van der Waals surface area contributed by atoms with Gasteiger partial charge < -0.3 is 15.7 Å². The number of nitrogens with one attached hydrogen (secondary N) is 2. The summed E-state index contributed by atoms with van der Waals surface area (Å²) in [4.78, 5) is 35.9. The fraction of sp³-hybridized carbons (Fsp3) is 0.278. The number of halogens is 1. The number of anilines is 1. The Hall–Kier alpha value is -2.74. The van der Waals surface area contributed by atoms with Crippen molar-refractivity contribution in [2.75, 3.05) is 5.32 Å². The molecule has 2 aromatic rings. The van der Waals surface area contributed by atoms with E-state index in [1.165, 1.54) is 25.1 Å². The summed E-state index contributed by atoms with van der Waals surface area (Å²) in [7, 11) is 0. The molecule has 1 aromatic heterocycles. The Morgan fingerprint density at radius 2 is 1.85 bits per heavy atom. The Morgan fingerprint density at radius 3 is 2.46 bits per heavy atom. The van der Waals surface area contributed by atoms with Crippen molar-refractivity contribution >= 4 is 34.1 Å². The van der Waals surface area contributed by atoms with E-state index < -0.39 is 35.6 Å². The molecule has 26 heavy (non-hydrogen) atoms. The molecule has 0 bridgehead atoms. The van der Waals surface area contributed by atoms with Crippen LogP contribution < -0.4 is 10.6 Å². The predicted molar refractivity (Wildman–Crippen MR) is 97.1 cm³/mol. The lowest BCUT2D eigenvalue weighted by Gasteiger charge is -2.17. The highest BCUT2D eigenvalue weighted by Gasteiger charge is 2.23. The van der Waals surface area contributed by atoms with Gasteiger partial charge in [-0.05, 0) is 50.6 Å². The van der Waals surface area contributed by atoms with Crippen molar-refractivity contribution in [3.8, 4) is 0 Å². The Kier molecular flexibility index (Phi) is 6.10. The largest absolute Gasteiger partial charge is 0.481 e. The van der Waals surface area contributed by atoms with Crippen LogP contribution in [0.1, 0.15) is 39.4 Å². The average molecular weight is 378 g/mol. The molecular weight excluding hydrogens is 359 g/mol. The molecule has 3 N–H and O–H groups in total. The SMILES string of the molecule is Cc1cc(NC(=O)c2cccc(F)c2)sc1C(=O)NC(C)C(C)C(=O)O. The molecule has 6 nitrogen and oxygen atoms in total. The second kappa shape index (κ2) is 8.09. The highest BCUT2D eigenvalue weighted by Crippen LogP contribution is 2.27. The molecule has 8 heteroatoms. The number of benzene rings is 1. The monoisotopic (exact) mass is 378 g/mol. The highest BCUT2D eigenvalue weighted by atomic mass is 32.1. The van der Waals surface area contributed by atoms with Crippen LogP contribution in [0.5, 0.6) is 0 Å². The van der Waals surface area contributed by atoms with Gasteiger partial charge in [-0.1, -0.05) is 6.07 Å². The molecule has 0 aliphatic carbocycles. The summed E-state index contributed by atoms with van der Waals surface area (Å²) in [6, 6.07) is 6.38. The zero-order chi connectivity index (χ0) is 19.4. The highest BCUT2D eigenvalue weighted by molar-refractivity contribution is 7.18. The lowest BCUT2D eigenvalue weighted by atomic mass is 10.0. The first kappa shape index (κ1) is 19.6. The van der Waals surface area contributed by atoms with E-state index in [1.54, 1.807) is 19.9 Å². The minimum Gasteiger partial charge on any atom is -0.481 e. The number of carboxylic acids is 1. The number of aliphatic carboxylic acids is 1. The fourth-order valence-corrected chi connectivity index (χ4v) is 3.16. The van der Waals surface area contributed by atoms with Crippen molar-refractivity contribution in [2.45, 2.75) is 26.8 Å². The molecule has 0 saturated carbocycles. The molecule has 2 amide bonds. The normalized spacial score (nSPS) is 12.9. The molecule has 0 fully saturated rings. The molecule has 1 aromatic carbocycles. The Bertz CT molecular complexity index is 849. The maximum absolute atomic E-state index is 13.2. The second-order valence-corrected chi connectivity index (χ2v) is 7.03. The summed E-state index contributed by atoms with van der Waals surface area (Å²) in [5, 5.41) is 14.7. The Morgan fingerprint density at radius 1 is 1.15 bits per heavy atom. The van der Waals surface area contributed by atoms with Gasteiger partial charge in [0.15, 0.2) is 0 Å². The number of hydrogen-bond donors (Lipinski definition) is 3. The summed E-state index contributed by atoms with van der Waals surface area (Å²) < 4.78 is 13.2. The van der Waals surface area contributed by atoms with Crippen LogP contribution >= 0.6 is 11.3 Å². The van der Waals surface area contributed by atoms with Gasteiger partial charge in [0.25, 0.3) is 11.8 Å². The molecule has 0 spiro atoms. The maximum Gasteiger partial charge on any atom is 0.308 e. The van der Waals surface area contributed by atoms with Crippen LogP contribution in [0.25, 0.3) is 0 Å². The van der Waals surface area contributed by atoms with Gasteiger partial charge in [0.05, 0.1) is 15.8 Å². The van der Waals surface area contributed by atoms with Crippen LogP contribution in [-0.2, 0) is 4.79 Å². The van der Waals surface area contributed by atoms with Crippen LogP contribution in [0, 0.1) is 18.7 Å². The van der Waals surface area contributed by atoms with E-state index in [-0.39, 0.29) is 5.56 Å². The van der Waals surface area contributed by atoms with Gasteiger partial charge in [0.2, 0.25) is 0 Å². The number of hydrogen-bond acceptors (Lipinski definition) is 4. The molecule has 138 valence electrons. The van der Waals surface area contributed by atoms with E-state index >= 15 is 0 Å². The molecule has 2 unspecified atom stereocenters. The van der Waals surface area contributed by atoms with E-state index in [0.717, 1.165) is 17.4 Å². The van der Waals surface area contributed by atoms with Crippen molar-refractivity contribution in [3.05, 3.63) is 52.2 Å². The average Bonchev–Trinajstić information content (AvgIpc) is 2.94. The van der Waals surface area contributed by atoms with Crippen LogP contribution in [-0.4, -0.2) is 28.9 Å². The van der Waals surface area contributed by atoms with Gasteiger partial charge in [0, 0.05) is 11.6 Å². The number of carboxylic acid groups (broad SMARTS) is 1. The van der Waals surface area contributed by atoms with E-state index in [4.69, 9.17) is 5.11 Å². The number of amides is 2. The van der Waals surface area contributed by atoms with E-state index in [2.05, 4.69) is 10.6 Å². The standard InChI is InChI=1S/C18H19FN2O4S/c1-9-7-14(21-16(22)12-5-4-6-13(19)8-12)26-15(9)17(23)20-11(3)10(2)18(24)25/h4-8,10-11H,1-3H3,(H,20,23)(H,21,22)(H,24,25). The summed E-state index contributed by atoms with van der Waals surface area (Å²) in [6.07, 6.45) is 0. The quantitative estimate of drug-likeness (QED) is 0.719. The lowest BCUT2D eigenvalue weighted by molar-refractivity contribution is -0.141. The van der Waals surface area contributed by atoms with Crippen LogP contribution in [0.3, 0.4) is 0 Å². The summed E-state index contributed by atoms with van der Waals surface area (Å²) in [6.45, 7) is 4.85. The minimum atomic E-state index is -0.997. The minimum absolute atomic E-state index is 0.172. The summed E-state index contributed by atoms with van der Waals surface area (Å²) in [5.74, 6) is -3.12. The van der Waals surface area contributed by atoms with E-state index in [9.17, 15) is 18.8 Å². The van der Waals surface area contributed by atoms with Crippen LogP contribution in [0.2, 0.25) is 0 Å². The zero-order valence-corrected chi connectivity index (χ0v) is 15.3. The van der Waals surface area contributed by atoms with Crippen molar-refractivity contribution in [1.82, 2.24) is 5.32 Å². The summed E-state index contributed by atoms with van der Waals surface area (Å²) in [5.41, 5.74) is 0.822. The Labute approximate surface area is 154 Å². The van der Waals surface area contributed by atoms with E-state index in [0.29, 0.717) is 15.4 Å². The number of carbonyl (C=O) groups excluding carboxylic acids is 2. The van der Waals surface area contributed by atoms with Crippen molar-refractivity contribution < 1.29 is 23.9 Å². The lowest BCUT2D eigenvalue weighted by Crippen LogP contribution is -2.39. The molecule has 1 heterocycles. The van der Waals surface area contributed by atoms with Crippen LogP contribution in [0.4, 0.5) is 9.39 Å². The van der Waals surface area contributed by atoms with Gasteiger partial charge in [-0.3, -0.25) is 14.4 Å². The first-order valence-electron chi connectivity index (χ1n) is 7.90. The van der Waals surface area contributed by atoms with Crippen LogP contribution in [0.15, 0.2) is 30.3 Å². The third-order valence-corrected chi connectivity index (χ3v) is 5.10. The third kappa shape index (κ3) is 4.66. The first-order chi connectivity index (χ1) is 12.2. The van der Waals surface area contributed by atoms with Crippen molar-refractivity contribution in [2.24, 2.45) is 5.92 Å². The number of thiophene rings is 1. The van der Waals surface area contributed by atoms with Gasteiger partial charge in [0.1, 0.15) is 5.82 Å². The number of carbonyl (C=O) groups is 3. The predicted octanol–water partition coefficient (Wildman–Crippen LogP) is 3.29. The molecular formula is C18H19FN2O4S. The molecule has 0 radical (unpaired) electrons. The van der Waals surface area contributed by atoms with Gasteiger partial charge >= 0.3 is 5.97 Å². The van der Waals surface area contributed by atoms with Gasteiger partial charge in [-0.2, -0.15) is 0 Å². The Balaban J connectivity index is 2.09. The maximum atomic E-state index is 13.2. The van der Waals surface area contributed by atoms with Gasteiger partial charge in [-0.15, -0.1) is 11.3 Å². The molecule has 2 rings (SSSR count). The second-order valence-electron chi connectivity index (χ2n) is 5.98. The zero-order valence-electron chi connectivity index (χ0n) is 14.5.